The zero-order valence-electron chi connectivity index (χ0n) is 12.0. The van der Waals surface area contributed by atoms with E-state index < -0.39 is 0 Å². The first-order valence-corrected chi connectivity index (χ1v) is 7.86. The van der Waals surface area contributed by atoms with Crippen LogP contribution in [0, 0.1) is 13.8 Å². The van der Waals surface area contributed by atoms with E-state index in [-0.39, 0.29) is 6.04 Å². The normalized spacial score (nSPS) is 12.4. The van der Waals surface area contributed by atoms with Gasteiger partial charge in [0.25, 0.3) is 0 Å². The van der Waals surface area contributed by atoms with Crippen molar-refractivity contribution in [3.8, 4) is 0 Å². The highest BCUT2D eigenvalue weighted by Gasteiger charge is 2.14. The maximum atomic E-state index is 6.36. The standard InChI is InChI=1S/C17H19BrClN/c1-11-4-5-13(8-12(11)2)9-17(20-3)15-7-6-14(18)10-16(15)19/h4-8,10,17,20H,9H2,1-3H3. The quantitative estimate of drug-likeness (QED) is 0.795. The van der Waals surface area contributed by atoms with Crippen molar-refractivity contribution in [2.75, 3.05) is 7.05 Å². The molecule has 20 heavy (non-hydrogen) atoms. The van der Waals surface area contributed by atoms with E-state index in [4.69, 9.17) is 11.6 Å². The molecule has 1 nitrogen and oxygen atoms in total. The minimum Gasteiger partial charge on any atom is -0.313 e. The van der Waals surface area contributed by atoms with Gasteiger partial charge in [-0.3, -0.25) is 0 Å². The molecular formula is C17H19BrClN. The maximum absolute atomic E-state index is 6.36. The fourth-order valence-corrected chi connectivity index (χ4v) is 3.12. The molecule has 3 heteroatoms. The fourth-order valence-electron chi connectivity index (χ4n) is 2.32. The lowest BCUT2D eigenvalue weighted by molar-refractivity contribution is 0.592. The fraction of sp³-hybridized carbons (Fsp3) is 0.294. The number of halogens is 2. The Balaban J connectivity index is 2.26. The van der Waals surface area contributed by atoms with Crippen molar-refractivity contribution in [2.24, 2.45) is 0 Å². The van der Waals surface area contributed by atoms with Crippen LogP contribution in [0.4, 0.5) is 0 Å². The van der Waals surface area contributed by atoms with E-state index in [2.05, 4.69) is 59.4 Å². The van der Waals surface area contributed by atoms with E-state index in [1.165, 1.54) is 16.7 Å². The van der Waals surface area contributed by atoms with Gasteiger partial charge < -0.3 is 5.32 Å². The molecule has 0 heterocycles. The van der Waals surface area contributed by atoms with E-state index in [9.17, 15) is 0 Å². The minimum absolute atomic E-state index is 0.220. The van der Waals surface area contributed by atoms with Crippen LogP contribution >= 0.6 is 27.5 Å². The van der Waals surface area contributed by atoms with Crippen LogP contribution in [0.15, 0.2) is 40.9 Å². The highest BCUT2D eigenvalue weighted by atomic mass is 79.9. The SMILES string of the molecule is CNC(Cc1ccc(C)c(C)c1)c1ccc(Br)cc1Cl. The summed E-state index contributed by atoms with van der Waals surface area (Å²) in [6.07, 6.45) is 0.930. The summed E-state index contributed by atoms with van der Waals surface area (Å²) in [4.78, 5) is 0. The molecule has 0 saturated carbocycles. The molecule has 0 amide bonds. The molecule has 0 aliphatic carbocycles. The van der Waals surface area contributed by atoms with Crippen molar-refractivity contribution in [1.29, 1.82) is 0 Å². The molecule has 2 rings (SSSR count). The molecular weight excluding hydrogens is 334 g/mol. The van der Waals surface area contributed by atoms with Crippen LogP contribution in [0.5, 0.6) is 0 Å². The molecule has 0 bridgehead atoms. The van der Waals surface area contributed by atoms with Gasteiger partial charge in [0.15, 0.2) is 0 Å². The Morgan fingerprint density at radius 2 is 1.85 bits per heavy atom. The Morgan fingerprint density at radius 3 is 2.45 bits per heavy atom. The van der Waals surface area contributed by atoms with Crippen molar-refractivity contribution < 1.29 is 0 Å². The van der Waals surface area contributed by atoms with Crippen LogP contribution in [0.1, 0.15) is 28.3 Å². The van der Waals surface area contributed by atoms with Crippen molar-refractivity contribution in [3.05, 3.63) is 68.1 Å². The van der Waals surface area contributed by atoms with Gasteiger partial charge in [-0.25, -0.2) is 0 Å². The Kier molecular flexibility index (Phi) is 5.25. The maximum Gasteiger partial charge on any atom is 0.0465 e. The molecule has 0 radical (unpaired) electrons. The summed E-state index contributed by atoms with van der Waals surface area (Å²) in [5, 5.41) is 4.16. The number of nitrogens with one attached hydrogen (secondary N) is 1. The largest absolute Gasteiger partial charge is 0.313 e. The summed E-state index contributed by atoms with van der Waals surface area (Å²) >= 11 is 9.80. The van der Waals surface area contributed by atoms with Crippen molar-refractivity contribution >= 4 is 27.5 Å². The predicted molar refractivity (Wildman–Crippen MR) is 90.6 cm³/mol. The van der Waals surface area contributed by atoms with E-state index in [1.807, 2.05) is 19.2 Å². The summed E-state index contributed by atoms with van der Waals surface area (Å²) in [5.74, 6) is 0. The average Bonchev–Trinajstić information content (AvgIpc) is 2.41. The number of aryl methyl sites for hydroxylation is 2. The summed E-state index contributed by atoms with van der Waals surface area (Å²) < 4.78 is 1.01. The molecule has 0 spiro atoms. The van der Waals surface area contributed by atoms with Gasteiger partial charge in [0.05, 0.1) is 0 Å². The Hall–Kier alpha value is -0.830. The zero-order valence-corrected chi connectivity index (χ0v) is 14.3. The van der Waals surface area contributed by atoms with Gasteiger partial charge in [-0.2, -0.15) is 0 Å². The van der Waals surface area contributed by atoms with E-state index in [0.717, 1.165) is 21.5 Å². The molecule has 0 fully saturated rings. The molecule has 1 atom stereocenters. The second kappa shape index (κ2) is 6.75. The van der Waals surface area contributed by atoms with Gasteiger partial charge in [0.2, 0.25) is 0 Å². The summed E-state index contributed by atoms with van der Waals surface area (Å²) in [6.45, 7) is 4.29. The van der Waals surface area contributed by atoms with E-state index in [1.54, 1.807) is 0 Å². The lowest BCUT2D eigenvalue weighted by Crippen LogP contribution is -2.19. The third-order valence-electron chi connectivity index (χ3n) is 3.70. The third-order valence-corrected chi connectivity index (χ3v) is 4.52. The van der Waals surface area contributed by atoms with Crippen LogP contribution in [0.25, 0.3) is 0 Å². The molecule has 0 aromatic heterocycles. The topological polar surface area (TPSA) is 12.0 Å². The molecule has 106 valence electrons. The molecule has 0 aliphatic heterocycles. The summed E-state index contributed by atoms with van der Waals surface area (Å²) in [7, 11) is 1.98. The molecule has 0 aliphatic rings. The summed E-state index contributed by atoms with van der Waals surface area (Å²) in [5.41, 5.74) is 5.12. The first-order valence-electron chi connectivity index (χ1n) is 6.69. The van der Waals surface area contributed by atoms with Crippen molar-refractivity contribution in [1.82, 2.24) is 5.32 Å². The van der Waals surface area contributed by atoms with Gasteiger partial charge >= 0.3 is 0 Å². The number of hydrogen-bond acceptors (Lipinski definition) is 1. The second-order valence-electron chi connectivity index (χ2n) is 5.13. The van der Waals surface area contributed by atoms with Crippen LogP contribution in [-0.4, -0.2) is 7.05 Å². The highest BCUT2D eigenvalue weighted by Crippen LogP contribution is 2.28. The Morgan fingerprint density at radius 1 is 1.10 bits per heavy atom. The van der Waals surface area contributed by atoms with Crippen LogP contribution in [0.3, 0.4) is 0 Å². The molecule has 1 unspecified atom stereocenters. The lowest BCUT2D eigenvalue weighted by atomic mass is 9.96. The first kappa shape index (κ1) is 15.6. The Labute approximate surface area is 134 Å². The van der Waals surface area contributed by atoms with E-state index in [0.29, 0.717) is 0 Å². The highest BCUT2D eigenvalue weighted by molar-refractivity contribution is 9.10. The number of benzene rings is 2. The van der Waals surface area contributed by atoms with Gasteiger partial charge in [-0.1, -0.05) is 51.8 Å². The zero-order chi connectivity index (χ0) is 14.7. The Bertz CT molecular complexity index is 610. The minimum atomic E-state index is 0.220. The molecule has 1 N–H and O–H groups in total. The second-order valence-corrected chi connectivity index (χ2v) is 6.45. The molecule has 2 aromatic rings. The number of hydrogen-bond donors (Lipinski definition) is 1. The predicted octanol–water partition coefficient (Wildman–Crippen LogP) is 5.22. The monoisotopic (exact) mass is 351 g/mol. The average molecular weight is 353 g/mol. The van der Waals surface area contributed by atoms with Crippen molar-refractivity contribution in [3.63, 3.8) is 0 Å². The number of likely N-dealkylation sites (N-methyl/N-ethyl adjacent to an activating group) is 1. The number of rotatable bonds is 4. The van der Waals surface area contributed by atoms with E-state index >= 15 is 0 Å². The third kappa shape index (κ3) is 3.63. The van der Waals surface area contributed by atoms with Gasteiger partial charge in [0, 0.05) is 15.5 Å². The van der Waals surface area contributed by atoms with Crippen LogP contribution < -0.4 is 5.32 Å². The lowest BCUT2D eigenvalue weighted by Gasteiger charge is -2.19. The van der Waals surface area contributed by atoms with Gasteiger partial charge in [-0.05, 0) is 61.7 Å². The van der Waals surface area contributed by atoms with Gasteiger partial charge in [0.1, 0.15) is 0 Å². The van der Waals surface area contributed by atoms with Crippen LogP contribution in [-0.2, 0) is 6.42 Å². The van der Waals surface area contributed by atoms with Gasteiger partial charge in [-0.15, -0.1) is 0 Å². The van der Waals surface area contributed by atoms with Crippen molar-refractivity contribution in [2.45, 2.75) is 26.3 Å². The van der Waals surface area contributed by atoms with Crippen LogP contribution in [0.2, 0.25) is 5.02 Å². The first-order chi connectivity index (χ1) is 9.51. The summed E-state index contributed by atoms with van der Waals surface area (Å²) in [6, 6.07) is 12.9. The molecule has 0 saturated heterocycles. The smallest absolute Gasteiger partial charge is 0.0465 e. The molecule has 2 aromatic carbocycles.